The maximum atomic E-state index is 13.1. The SMILES string of the molecule is CN(c1cccc(Cl)c1)S(=O)(=O)c1cccc(C(=O)Nc2ccnn2C2CCCC2)c1. The number of aromatic nitrogens is 2. The maximum Gasteiger partial charge on any atom is 0.264 e. The van der Waals surface area contributed by atoms with E-state index in [1.54, 1.807) is 48.7 Å². The molecule has 0 spiro atoms. The average Bonchev–Trinajstić information content (AvgIpc) is 3.45. The van der Waals surface area contributed by atoms with Crippen molar-refractivity contribution in [2.45, 2.75) is 36.6 Å². The van der Waals surface area contributed by atoms with E-state index in [2.05, 4.69) is 10.4 Å². The van der Waals surface area contributed by atoms with Gasteiger partial charge in [-0.1, -0.05) is 36.6 Å². The molecule has 31 heavy (non-hydrogen) atoms. The monoisotopic (exact) mass is 458 g/mol. The second kappa shape index (κ2) is 8.72. The third kappa shape index (κ3) is 4.45. The van der Waals surface area contributed by atoms with Gasteiger partial charge >= 0.3 is 0 Å². The highest BCUT2D eigenvalue weighted by Gasteiger charge is 2.24. The summed E-state index contributed by atoms with van der Waals surface area (Å²) in [7, 11) is -2.42. The number of carbonyl (C=O) groups is 1. The number of anilines is 2. The molecule has 1 saturated carbocycles. The second-order valence-corrected chi connectivity index (χ2v) is 9.94. The first kappa shape index (κ1) is 21.4. The summed E-state index contributed by atoms with van der Waals surface area (Å²) in [6, 6.07) is 14.6. The molecule has 1 aromatic heterocycles. The number of carbonyl (C=O) groups excluding carboxylic acids is 1. The van der Waals surface area contributed by atoms with Gasteiger partial charge in [-0.05, 0) is 49.2 Å². The van der Waals surface area contributed by atoms with E-state index in [0.29, 0.717) is 16.5 Å². The molecule has 1 aliphatic rings. The van der Waals surface area contributed by atoms with E-state index in [1.807, 2.05) is 4.68 Å². The minimum Gasteiger partial charge on any atom is -0.307 e. The number of rotatable bonds is 6. The van der Waals surface area contributed by atoms with Gasteiger partial charge in [-0.3, -0.25) is 9.10 Å². The van der Waals surface area contributed by atoms with Crippen LogP contribution in [0.15, 0.2) is 65.7 Å². The van der Waals surface area contributed by atoms with Crippen LogP contribution in [0.5, 0.6) is 0 Å². The van der Waals surface area contributed by atoms with Crippen molar-refractivity contribution in [2.24, 2.45) is 0 Å². The molecular formula is C22H23ClN4O3S. The fourth-order valence-corrected chi connectivity index (χ4v) is 5.23. The third-order valence-electron chi connectivity index (χ3n) is 5.51. The van der Waals surface area contributed by atoms with E-state index >= 15 is 0 Å². The van der Waals surface area contributed by atoms with Gasteiger partial charge in [0.05, 0.1) is 22.8 Å². The minimum atomic E-state index is -3.87. The van der Waals surface area contributed by atoms with Gasteiger partial charge in [-0.15, -0.1) is 0 Å². The number of benzene rings is 2. The number of halogens is 1. The Labute approximate surface area is 186 Å². The lowest BCUT2D eigenvalue weighted by Crippen LogP contribution is -2.27. The van der Waals surface area contributed by atoms with Crippen LogP contribution in [-0.4, -0.2) is 31.2 Å². The molecule has 1 N–H and O–H groups in total. The smallest absolute Gasteiger partial charge is 0.264 e. The topological polar surface area (TPSA) is 84.3 Å². The van der Waals surface area contributed by atoms with E-state index in [-0.39, 0.29) is 22.4 Å². The first-order chi connectivity index (χ1) is 14.9. The van der Waals surface area contributed by atoms with Crippen molar-refractivity contribution in [3.05, 3.63) is 71.4 Å². The Bertz CT molecular complexity index is 1200. The Morgan fingerprint density at radius 3 is 2.61 bits per heavy atom. The highest BCUT2D eigenvalue weighted by Crippen LogP contribution is 2.31. The maximum absolute atomic E-state index is 13.1. The average molecular weight is 459 g/mol. The van der Waals surface area contributed by atoms with Gasteiger partial charge in [0.1, 0.15) is 5.82 Å². The van der Waals surface area contributed by atoms with E-state index < -0.39 is 10.0 Å². The Balaban J connectivity index is 1.57. The van der Waals surface area contributed by atoms with E-state index in [4.69, 9.17) is 11.6 Å². The Hall–Kier alpha value is -2.84. The summed E-state index contributed by atoms with van der Waals surface area (Å²) in [5.41, 5.74) is 0.683. The first-order valence-electron chi connectivity index (χ1n) is 10.1. The van der Waals surface area contributed by atoms with Gasteiger partial charge in [-0.25, -0.2) is 13.1 Å². The number of nitrogens with one attached hydrogen (secondary N) is 1. The summed E-state index contributed by atoms with van der Waals surface area (Å²) in [6.45, 7) is 0. The minimum absolute atomic E-state index is 0.0203. The van der Waals surface area contributed by atoms with Gasteiger partial charge in [-0.2, -0.15) is 5.10 Å². The molecule has 4 rings (SSSR count). The molecule has 1 aliphatic carbocycles. The Kier molecular flexibility index (Phi) is 6.02. The number of amides is 1. The molecular weight excluding hydrogens is 436 g/mol. The van der Waals surface area contributed by atoms with Crippen LogP contribution in [-0.2, 0) is 10.0 Å². The zero-order valence-electron chi connectivity index (χ0n) is 17.0. The Morgan fingerprint density at radius 2 is 1.87 bits per heavy atom. The molecule has 0 radical (unpaired) electrons. The largest absolute Gasteiger partial charge is 0.307 e. The highest BCUT2D eigenvalue weighted by atomic mass is 35.5. The van der Waals surface area contributed by atoms with Gasteiger partial charge < -0.3 is 5.32 Å². The zero-order valence-corrected chi connectivity index (χ0v) is 18.6. The van der Waals surface area contributed by atoms with Gasteiger partial charge in [0.15, 0.2) is 0 Å². The molecule has 1 fully saturated rings. The highest BCUT2D eigenvalue weighted by molar-refractivity contribution is 7.92. The van der Waals surface area contributed by atoms with Crippen LogP contribution in [0.4, 0.5) is 11.5 Å². The fraction of sp³-hybridized carbons (Fsp3) is 0.273. The number of hydrogen-bond donors (Lipinski definition) is 1. The van der Waals surface area contributed by atoms with Gasteiger partial charge in [0.2, 0.25) is 0 Å². The summed E-state index contributed by atoms with van der Waals surface area (Å²) in [5.74, 6) is 0.225. The predicted molar refractivity (Wildman–Crippen MR) is 121 cm³/mol. The first-order valence-corrected chi connectivity index (χ1v) is 11.9. The summed E-state index contributed by atoms with van der Waals surface area (Å²) in [4.78, 5) is 12.9. The second-order valence-electron chi connectivity index (χ2n) is 7.53. The quantitative estimate of drug-likeness (QED) is 0.578. The number of sulfonamides is 1. The molecule has 0 atom stereocenters. The lowest BCUT2D eigenvalue weighted by atomic mass is 10.2. The molecule has 1 amide bonds. The summed E-state index contributed by atoms with van der Waals surface area (Å²) in [6.07, 6.45) is 6.03. The van der Waals surface area contributed by atoms with Gasteiger partial charge in [0.25, 0.3) is 15.9 Å². The van der Waals surface area contributed by atoms with Crippen molar-refractivity contribution in [2.75, 3.05) is 16.7 Å². The van der Waals surface area contributed by atoms with Crippen molar-refractivity contribution in [1.29, 1.82) is 0 Å². The molecule has 9 heteroatoms. The number of hydrogen-bond acceptors (Lipinski definition) is 4. The van der Waals surface area contributed by atoms with Crippen LogP contribution < -0.4 is 9.62 Å². The molecule has 2 aromatic carbocycles. The third-order valence-corrected chi connectivity index (χ3v) is 7.53. The molecule has 0 aliphatic heterocycles. The van der Waals surface area contributed by atoms with E-state index in [0.717, 1.165) is 30.0 Å². The van der Waals surface area contributed by atoms with Crippen molar-refractivity contribution in [1.82, 2.24) is 9.78 Å². The zero-order chi connectivity index (χ0) is 22.0. The van der Waals surface area contributed by atoms with Crippen LogP contribution >= 0.6 is 11.6 Å². The fourth-order valence-electron chi connectivity index (χ4n) is 3.81. The van der Waals surface area contributed by atoms with E-state index in [9.17, 15) is 13.2 Å². The van der Waals surface area contributed by atoms with Gasteiger partial charge in [0, 0.05) is 23.7 Å². The van der Waals surface area contributed by atoms with Crippen LogP contribution in [0.2, 0.25) is 5.02 Å². The summed E-state index contributed by atoms with van der Waals surface area (Å²) in [5, 5.41) is 7.66. The molecule has 0 bridgehead atoms. The van der Waals surface area contributed by atoms with Crippen LogP contribution in [0.3, 0.4) is 0 Å². The molecule has 162 valence electrons. The van der Waals surface area contributed by atoms with Crippen LogP contribution in [0.1, 0.15) is 42.1 Å². The normalized spacial score (nSPS) is 14.5. The molecule has 0 saturated heterocycles. The van der Waals surface area contributed by atoms with Crippen molar-refractivity contribution >= 4 is 39.0 Å². The lowest BCUT2D eigenvalue weighted by molar-refractivity contribution is 0.102. The molecule has 0 unspecified atom stereocenters. The standard InChI is InChI=1S/C22H23ClN4O3S/c1-26(19-10-5-7-17(23)15-19)31(29,30)20-11-4-6-16(14-20)22(28)25-21-12-13-24-27(21)18-8-2-3-9-18/h4-7,10-15,18H,2-3,8-9H2,1H3,(H,25,28). The predicted octanol–water partition coefficient (Wildman–Crippen LogP) is 4.73. The summed E-state index contributed by atoms with van der Waals surface area (Å²) >= 11 is 6.00. The van der Waals surface area contributed by atoms with E-state index in [1.165, 1.54) is 19.2 Å². The summed E-state index contributed by atoms with van der Waals surface area (Å²) < 4.78 is 29.2. The molecule has 1 heterocycles. The van der Waals surface area contributed by atoms with Crippen molar-refractivity contribution in [3.63, 3.8) is 0 Å². The van der Waals surface area contributed by atoms with Crippen molar-refractivity contribution in [3.8, 4) is 0 Å². The Morgan fingerprint density at radius 1 is 1.13 bits per heavy atom. The molecule has 7 nitrogen and oxygen atoms in total. The van der Waals surface area contributed by atoms with Crippen LogP contribution in [0, 0.1) is 0 Å². The van der Waals surface area contributed by atoms with Crippen LogP contribution in [0.25, 0.3) is 0 Å². The van der Waals surface area contributed by atoms with Crippen molar-refractivity contribution < 1.29 is 13.2 Å². The lowest BCUT2D eigenvalue weighted by Gasteiger charge is -2.20. The number of nitrogens with zero attached hydrogens (tertiary/aromatic N) is 3. The molecule has 3 aromatic rings.